The van der Waals surface area contributed by atoms with Crippen LogP contribution in [0.3, 0.4) is 0 Å². The molecule has 1 aromatic carbocycles. The first kappa shape index (κ1) is 20.1. The molecule has 0 aliphatic carbocycles. The van der Waals surface area contributed by atoms with Crippen LogP contribution in [0.4, 0.5) is 4.39 Å². The van der Waals surface area contributed by atoms with E-state index in [4.69, 9.17) is 0 Å². The van der Waals surface area contributed by atoms with Crippen LogP contribution < -0.4 is 10.6 Å². The molecular formula is C16H21BrFIN6. The van der Waals surface area contributed by atoms with Gasteiger partial charge in [-0.05, 0) is 53.4 Å². The third-order valence-electron chi connectivity index (χ3n) is 3.96. The Morgan fingerprint density at radius 3 is 3.00 bits per heavy atom. The highest BCUT2D eigenvalue weighted by Crippen LogP contribution is 2.22. The molecule has 1 atom stereocenters. The van der Waals surface area contributed by atoms with Crippen molar-refractivity contribution in [1.82, 2.24) is 25.4 Å². The molecule has 0 radical (unpaired) electrons. The van der Waals surface area contributed by atoms with E-state index in [2.05, 4.69) is 41.6 Å². The molecule has 0 fully saturated rings. The molecule has 1 aliphatic heterocycles. The average Bonchev–Trinajstić information content (AvgIpc) is 2.95. The number of aryl methyl sites for hydroxylation is 2. The molecule has 0 saturated carbocycles. The summed E-state index contributed by atoms with van der Waals surface area (Å²) in [5.74, 6) is 2.12. The molecule has 1 unspecified atom stereocenters. The van der Waals surface area contributed by atoms with Gasteiger partial charge in [-0.1, -0.05) is 6.07 Å². The second kappa shape index (κ2) is 8.93. The predicted octanol–water partition coefficient (Wildman–Crippen LogP) is 3.31. The maximum atomic E-state index is 13.6. The van der Waals surface area contributed by atoms with E-state index in [0.29, 0.717) is 17.0 Å². The zero-order valence-electron chi connectivity index (χ0n) is 14.1. The van der Waals surface area contributed by atoms with E-state index < -0.39 is 0 Å². The maximum Gasteiger partial charge on any atom is 0.191 e. The summed E-state index contributed by atoms with van der Waals surface area (Å²) in [6.07, 6.45) is 2.02. The smallest absolute Gasteiger partial charge is 0.191 e. The molecule has 1 aromatic heterocycles. The number of fused-ring (bicyclic) bond motifs is 1. The van der Waals surface area contributed by atoms with Crippen molar-refractivity contribution < 1.29 is 4.39 Å². The van der Waals surface area contributed by atoms with E-state index in [0.717, 1.165) is 36.6 Å². The number of aliphatic imine (C=N–C) groups is 1. The molecule has 0 saturated heterocycles. The summed E-state index contributed by atoms with van der Waals surface area (Å²) in [5.41, 5.74) is 0.848. The highest BCUT2D eigenvalue weighted by atomic mass is 127. The number of halogens is 3. The molecule has 2 N–H and O–H groups in total. The third kappa shape index (κ3) is 4.90. The standard InChI is InChI=1S/C16H20BrFN6.HI/c1-10-21-15-14(4-3-7-24(15)23-10)22-16(19-2)20-9-11-5-6-12(17)13(18)8-11;/h5-6,8,14H,3-4,7,9H2,1-2H3,(H2,19,20,22);1H. The topological polar surface area (TPSA) is 67.1 Å². The number of guanidine groups is 1. The molecule has 1 aliphatic rings. The van der Waals surface area contributed by atoms with Crippen LogP contribution in [0, 0.1) is 12.7 Å². The summed E-state index contributed by atoms with van der Waals surface area (Å²) in [6.45, 7) is 3.29. The van der Waals surface area contributed by atoms with Crippen LogP contribution in [0.15, 0.2) is 27.7 Å². The van der Waals surface area contributed by atoms with Crippen molar-refractivity contribution in [3.63, 3.8) is 0 Å². The van der Waals surface area contributed by atoms with E-state index in [1.165, 1.54) is 6.07 Å². The number of aromatic nitrogens is 3. The maximum absolute atomic E-state index is 13.6. The molecule has 25 heavy (non-hydrogen) atoms. The van der Waals surface area contributed by atoms with Crippen molar-refractivity contribution in [2.45, 2.75) is 38.9 Å². The largest absolute Gasteiger partial charge is 0.352 e. The van der Waals surface area contributed by atoms with Crippen molar-refractivity contribution in [2.24, 2.45) is 4.99 Å². The monoisotopic (exact) mass is 522 g/mol. The quantitative estimate of drug-likeness (QED) is 0.369. The van der Waals surface area contributed by atoms with E-state index in [1.54, 1.807) is 13.1 Å². The second-order valence-corrected chi connectivity index (χ2v) is 6.61. The van der Waals surface area contributed by atoms with Gasteiger partial charge in [0.15, 0.2) is 5.96 Å². The first-order valence-electron chi connectivity index (χ1n) is 7.89. The molecule has 2 aromatic rings. The molecular weight excluding hydrogens is 502 g/mol. The Hall–Kier alpha value is -1.23. The summed E-state index contributed by atoms with van der Waals surface area (Å²) < 4.78 is 16.0. The third-order valence-corrected chi connectivity index (χ3v) is 4.60. The van der Waals surface area contributed by atoms with Crippen LogP contribution in [-0.4, -0.2) is 27.8 Å². The minimum atomic E-state index is -0.270. The van der Waals surface area contributed by atoms with Crippen LogP contribution in [0.25, 0.3) is 0 Å². The molecule has 6 nitrogen and oxygen atoms in total. The average molecular weight is 523 g/mol. The number of nitrogens with zero attached hydrogens (tertiary/aromatic N) is 4. The lowest BCUT2D eigenvalue weighted by atomic mass is 10.1. The Labute approximate surface area is 171 Å². The van der Waals surface area contributed by atoms with Gasteiger partial charge < -0.3 is 10.6 Å². The van der Waals surface area contributed by atoms with Gasteiger partial charge in [-0.2, -0.15) is 5.10 Å². The van der Waals surface area contributed by atoms with E-state index in [1.807, 2.05) is 17.7 Å². The van der Waals surface area contributed by atoms with Crippen molar-refractivity contribution in [3.8, 4) is 0 Å². The van der Waals surface area contributed by atoms with Gasteiger partial charge >= 0.3 is 0 Å². The fourth-order valence-corrected chi connectivity index (χ4v) is 3.05. The summed E-state index contributed by atoms with van der Waals surface area (Å²) in [5, 5.41) is 11.0. The zero-order valence-corrected chi connectivity index (χ0v) is 18.0. The molecule has 136 valence electrons. The molecule has 3 rings (SSSR count). The summed E-state index contributed by atoms with van der Waals surface area (Å²) in [7, 11) is 1.72. The molecule has 2 heterocycles. The Balaban J connectivity index is 0.00000225. The van der Waals surface area contributed by atoms with Gasteiger partial charge in [-0.15, -0.1) is 24.0 Å². The van der Waals surface area contributed by atoms with Crippen LogP contribution in [0.5, 0.6) is 0 Å². The Morgan fingerprint density at radius 2 is 2.28 bits per heavy atom. The zero-order chi connectivity index (χ0) is 17.1. The highest BCUT2D eigenvalue weighted by molar-refractivity contribution is 14.0. The van der Waals surface area contributed by atoms with Crippen LogP contribution in [0.2, 0.25) is 0 Å². The minimum absolute atomic E-state index is 0. The Kier molecular flexibility index (Phi) is 7.17. The fraction of sp³-hybridized carbons (Fsp3) is 0.438. The van der Waals surface area contributed by atoms with Gasteiger partial charge in [0.05, 0.1) is 10.5 Å². The number of hydrogen-bond donors (Lipinski definition) is 2. The Morgan fingerprint density at radius 1 is 1.48 bits per heavy atom. The lowest BCUT2D eigenvalue weighted by Gasteiger charge is -2.25. The lowest BCUT2D eigenvalue weighted by molar-refractivity contribution is 0.397. The summed E-state index contributed by atoms with van der Waals surface area (Å²) in [4.78, 5) is 8.76. The van der Waals surface area contributed by atoms with Crippen molar-refractivity contribution >= 4 is 45.9 Å². The van der Waals surface area contributed by atoms with Gasteiger partial charge in [-0.3, -0.25) is 4.99 Å². The SMILES string of the molecule is CN=C(NCc1ccc(Br)c(F)c1)NC1CCCn2nc(C)nc21.I. The fourth-order valence-electron chi connectivity index (χ4n) is 2.80. The number of nitrogens with one attached hydrogen (secondary N) is 2. The van der Waals surface area contributed by atoms with Crippen molar-refractivity contribution in [2.75, 3.05) is 7.05 Å². The molecule has 9 heteroatoms. The lowest BCUT2D eigenvalue weighted by Crippen LogP contribution is -2.41. The van der Waals surface area contributed by atoms with Gasteiger partial charge in [-0.25, -0.2) is 14.1 Å². The molecule has 0 amide bonds. The normalized spacial score (nSPS) is 16.8. The second-order valence-electron chi connectivity index (χ2n) is 5.75. The van der Waals surface area contributed by atoms with Crippen LogP contribution in [-0.2, 0) is 13.1 Å². The van der Waals surface area contributed by atoms with Crippen LogP contribution >= 0.6 is 39.9 Å². The van der Waals surface area contributed by atoms with Gasteiger partial charge in [0.1, 0.15) is 17.5 Å². The van der Waals surface area contributed by atoms with E-state index >= 15 is 0 Å². The summed E-state index contributed by atoms with van der Waals surface area (Å²) in [6, 6.07) is 5.15. The molecule has 0 bridgehead atoms. The summed E-state index contributed by atoms with van der Waals surface area (Å²) >= 11 is 3.16. The van der Waals surface area contributed by atoms with E-state index in [-0.39, 0.29) is 35.8 Å². The van der Waals surface area contributed by atoms with E-state index in [9.17, 15) is 4.39 Å². The first-order valence-corrected chi connectivity index (χ1v) is 8.68. The Bertz CT molecular complexity index is 763. The van der Waals surface area contributed by atoms with Crippen LogP contribution in [0.1, 0.15) is 36.1 Å². The van der Waals surface area contributed by atoms with Gasteiger partial charge in [0.2, 0.25) is 0 Å². The van der Waals surface area contributed by atoms with Crippen molar-refractivity contribution in [1.29, 1.82) is 0 Å². The van der Waals surface area contributed by atoms with Gasteiger partial charge in [0, 0.05) is 20.1 Å². The first-order chi connectivity index (χ1) is 11.6. The molecule has 0 spiro atoms. The number of benzene rings is 1. The van der Waals surface area contributed by atoms with Gasteiger partial charge in [0.25, 0.3) is 0 Å². The predicted molar refractivity (Wildman–Crippen MR) is 110 cm³/mol. The number of hydrogen-bond acceptors (Lipinski definition) is 3. The number of rotatable bonds is 3. The van der Waals surface area contributed by atoms with Crippen molar-refractivity contribution in [3.05, 3.63) is 45.7 Å². The minimum Gasteiger partial charge on any atom is -0.352 e. The highest BCUT2D eigenvalue weighted by Gasteiger charge is 2.24.